The van der Waals surface area contributed by atoms with Gasteiger partial charge >= 0.3 is 5.69 Å². The number of aryl methyl sites for hydroxylation is 1. The molecule has 3 atom stereocenters. The van der Waals surface area contributed by atoms with E-state index in [1.807, 2.05) is 18.2 Å². The van der Waals surface area contributed by atoms with Crippen LogP contribution in [-0.4, -0.2) is 114 Å². The minimum Gasteiger partial charge on any atom is -0.374 e. The molecule has 3 amide bonds. The Labute approximate surface area is 360 Å². The minimum absolute atomic E-state index is 0.0104. The highest BCUT2D eigenvalue weighted by Crippen LogP contribution is 2.36. The molecule has 0 spiro atoms. The number of alkyl halides is 2. The fraction of sp³-hybridized carbons (Fsp3) is 0.523. The van der Waals surface area contributed by atoms with Gasteiger partial charge in [0.05, 0.1) is 59.4 Å². The molecule has 0 radical (unpaired) electrons. The van der Waals surface area contributed by atoms with Crippen molar-refractivity contribution in [3.63, 3.8) is 0 Å². The first-order chi connectivity index (χ1) is 30.6. The molecule has 2 unspecified atom stereocenters. The summed E-state index contributed by atoms with van der Waals surface area (Å²) < 4.78 is 46.5. The van der Waals surface area contributed by atoms with Crippen molar-refractivity contribution < 1.29 is 32.6 Å². The molecule has 1 aliphatic carbocycles. The Morgan fingerprint density at radius 1 is 1.06 bits per heavy atom. The monoisotopic (exact) mass is 865 g/mol. The number of hydrogen-bond donors (Lipinski definition) is 2. The van der Waals surface area contributed by atoms with E-state index in [1.165, 1.54) is 26.0 Å². The van der Waals surface area contributed by atoms with Gasteiger partial charge in [-0.3, -0.25) is 33.5 Å². The van der Waals surface area contributed by atoms with E-state index in [0.29, 0.717) is 34.8 Å². The lowest BCUT2D eigenvalue weighted by atomic mass is 9.85. The third-order valence-corrected chi connectivity index (χ3v) is 13.5. The molecule has 4 saturated heterocycles. The first-order valence-electron chi connectivity index (χ1n) is 21.9. The summed E-state index contributed by atoms with van der Waals surface area (Å²) in [5.41, 5.74) is 1.62. The molecule has 330 valence electrons. The Balaban J connectivity index is 0.700. The van der Waals surface area contributed by atoms with E-state index in [1.54, 1.807) is 24.0 Å². The van der Waals surface area contributed by atoms with Crippen LogP contribution >= 0.6 is 0 Å². The molecule has 5 aliphatic rings. The Bertz CT molecular complexity index is 2700. The summed E-state index contributed by atoms with van der Waals surface area (Å²) in [6.45, 7) is 4.40. The number of nitrogens with zero attached hydrogens (tertiary/aromatic N) is 9. The summed E-state index contributed by atoms with van der Waals surface area (Å²) in [5.74, 6) is 6.11. The van der Waals surface area contributed by atoms with Crippen LogP contribution in [0.3, 0.4) is 0 Å². The number of imide groups is 1. The SMILES string of the molecule is Cn1c(=O)n(C2CCC(=O)NC2=O)c2cccc(C#CCOC3CCN(CC4CCC(n5cc(NC(=O)c6cnn7ccc(N8CC9C[C@@H]8CO9)nc67)c(C(F)F)n5)CC4)CC3)c21. The number of imidazole rings is 1. The smallest absolute Gasteiger partial charge is 0.329 e. The number of carbonyl (C=O) groups excluding carboxylic acids is 3. The topological polar surface area (TPSA) is 175 Å². The van der Waals surface area contributed by atoms with Gasteiger partial charge < -0.3 is 24.6 Å². The largest absolute Gasteiger partial charge is 0.374 e. The third-order valence-electron chi connectivity index (χ3n) is 13.5. The third kappa shape index (κ3) is 8.00. The fourth-order valence-corrected chi connectivity index (χ4v) is 10.2. The number of anilines is 2. The standard InChI is InChI=1S/C44H49F2N11O6/c1-52-39-27(4-2-6-34(39)57(44(52)61)35-11-12-37(58)50-43(35)60)5-3-19-62-30-13-16-53(17-14-30)22-26-7-9-28(10-8-26)56-24-33(38(51-56)40(45)46)48-42(59)32-21-47-55-18-15-36(49-41(32)55)54-23-31-20-29(54)25-63-31/h2,4,6,15,18,21,24,26,28-31,35,40H,7-14,16-17,19-20,22-23,25H2,1H3,(H,48,59)(H,50,58,60)/t26?,28?,29-,31?,35?/m1/s1. The first-order valence-corrected chi connectivity index (χ1v) is 21.9. The van der Waals surface area contributed by atoms with E-state index in [4.69, 9.17) is 14.5 Å². The van der Waals surface area contributed by atoms with Gasteiger partial charge in [0.25, 0.3) is 12.3 Å². The van der Waals surface area contributed by atoms with E-state index in [9.17, 15) is 28.0 Å². The number of amides is 3. The zero-order valence-electron chi connectivity index (χ0n) is 34.9. The first kappa shape index (κ1) is 41.1. The molecule has 4 aromatic heterocycles. The maximum absolute atomic E-state index is 14.3. The molecule has 63 heavy (non-hydrogen) atoms. The second kappa shape index (κ2) is 17.0. The number of morpholine rings is 1. The van der Waals surface area contributed by atoms with Gasteiger partial charge in [-0.2, -0.15) is 10.2 Å². The van der Waals surface area contributed by atoms with Gasteiger partial charge in [0.2, 0.25) is 11.8 Å². The quantitative estimate of drug-likeness (QED) is 0.154. The van der Waals surface area contributed by atoms with E-state index < -0.39 is 30.0 Å². The Morgan fingerprint density at radius 3 is 2.63 bits per heavy atom. The van der Waals surface area contributed by atoms with E-state index in [2.05, 4.69) is 42.5 Å². The Hall–Kier alpha value is -5.97. The zero-order valence-corrected chi connectivity index (χ0v) is 34.9. The van der Waals surface area contributed by atoms with Crippen LogP contribution in [0.1, 0.15) is 97.9 Å². The van der Waals surface area contributed by atoms with E-state index >= 15 is 0 Å². The van der Waals surface area contributed by atoms with Crippen LogP contribution in [0.2, 0.25) is 0 Å². The molecule has 5 fully saturated rings. The number of carbonyl (C=O) groups is 3. The van der Waals surface area contributed by atoms with Crippen LogP contribution in [0.5, 0.6) is 0 Å². The lowest BCUT2D eigenvalue weighted by Crippen LogP contribution is -2.44. The van der Waals surface area contributed by atoms with Gasteiger partial charge in [0.1, 0.15) is 24.0 Å². The summed E-state index contributed by atoms with van der Waals surface area (Å²) in [7, 11) is 1.66. The van der Waals surface area contributed by atoms with Crippen molar-refractivity contribution in [1.29, 1.82) is 0 Å². The molecule has 8 heterocycles. The highest BCUT2D eigenvalue weighted by Gasteiger charge is 2.40. The van der Waals surface area contributed by atoms with Crippen molar-refractivity contribution >= 4 is 45.9 Å². The number of fused-ring (bicyclic) bond motifs is 4. The summed E-state index contributed by atoms with van der Waals surface area (Å²) in [4.78, 5) is 60.5. The molecule has 17 nitrogen and oxygen atoms in total. The van der Waals surface area contributed by atoms with Gasteiger partial charge in [-0.1, -0.05) is 17.9 Å². The predicted octanol–water partition coefficient (Wildman–Crippen LogP) is 3.99. The zero-order chi connectivity index (χ0) is 43.4. The number of rotatable bonds is 10. The summed E-state index contributed by atoms with van der Waals surface area (Å²) in [6, 6.07) is 6.73. The number of halogens is 2. The van der Waals surface area contributed by atoms with Gasteiger partial charge in [0.15, 0.2) is 11.3 Å². The second-order valence-corrected chi connectivity index (χ2v) is 17.4. The van der Waals surface area contributed by atoms with Crippen LogP contribution in [0.15, 0.2) is 47.7 Å². The lowest BCUT2D eigenvalue weighted by Gasteiger charge is -2.36. The minimum atomic E-state index is -2.86. The highest BCUT2D eigenvalue weighted by molar-refractivity contribution is 6.08. The van der Waals surface area contributed by atoms with Gasteiger partial charge in [-0.25, -0.2) is 23.1 Å². The summed E-state index contributed by atoms with van der Waals surface area (Å²) in [5, 5.41) is 13.6. The summed E-state index contributed by atoms with van der Waals surface area (Å²) in [6.07, 6.45) is 8.73. The van der Waals surface area contributed by atoms with E-state index in [0.717, 1.165) is 76.9 Å². The fourth-order valence-electron chi connectivity index (χ4n) is 10.2. The molecule has 5 aromatic rings. The molecule has 4 aliphatic heterocycles. The van der Waals surface area contributed by atoms with Crippen molar-refractivity contribution in [2.24, 2.45) is 13.0 Å². The van der Waals surface area contributed by atoms with Crippen molar-refractivity contribution in [2.45, 2.75) is 94.5 Å². The molecule has 10 rings (SSSR count). The number of aromatic nitrogens is 7. The predicted molar refractivity (Wildman–Crippen MR) is 226 cm³/mol. The van der Waals surface area contributed by atoms with Crippen LogP contribution in [0.25, 0.3) is 16.7 Å². The molecule has 19 heteroatoms. The number of benzene rings is 1. The molecule has 2 N–H and O–H groups in total. The Morgan fingerprint density at radius 2 is 1.89 bits per heavy atom. The van der Waals surface area contributed by atoms with Gasteiger partial charge in [0, 0.05) is 52.0 Å². The maximum atomic E-state index is 14.3. The van der Waals surface area contributed by atoms with Crippen LogP contribution in [0, 0.1) is 17.8 Å². The normalized spacial score (nSPS) is 24.4. The molecular formula is C44H49F2N11O6. The molecule has 2 bridgehead atoms. The van der Waals surface area contributed by atoms with Crippen molar-refractivity contribution in [3.05, 3.63) is 70.2 Å². The van der Waals surface area contributed by atoms with Crippen LogP contribution < -0.4 is 21.2 Å². The van der Waals surface area contributed by atoms with Gasteiger partial charge in [-0.05, 0) is 75.5 Å². The number of para-hydroxylation sites is 1. The van der Waals surface area contributed by atoms with Crippen LogP contribution in [0.4, 0.5) is 20.3 Å². The maximum Gasteiger partial charge on any atom is 0.329 e. The number of nitrogens with one attached hydrogen (secondary N) is 2. The highest BCUT2D eigenvalue weighted by atomic mass is 19.3. The average molecular weight is 866 g/mol. The Kier molecular flexibility index (Phi) is 11.1. The van der Waals surface area contributed by atoms with Gasteiger partial charge in [-0.15, -0.1) is 0 Å². The van der Waals surface area contributed by atoms with Crippen molar-refractivity contribution in [3.8, 4) is 11.8 Å². The molecule has 1 aromatic carbocycles. The van der Waals surface area contributed by atoms with E-state index in [-0.39, 0.29) is 66.6 Å². The molecule has 1 saturated carbocycles. The second-order valence-electron chi connectivity index (χ2n) is 17.4. The number of hydrogen-bond acceptors (Lipinski definition) is 11. The van der Waals surface area contributed by atoms with Crippen molar-refractivity contribution in [1.82, 2.24) is 43.7 Å². The molecular weight excluding hydrogens is 817 g/mol. The lowest BCUT2D eigenvalue weighted by molar-refractivity contribution is -0.135. The number of likely N-dealkylation sites (tertiary alicyclic amines) is 1. The number of piperidine rings is 2. The van der Waals surface area contributed by atoms with Crippen molar-refractivity contribution in [2.75, 3.05) is 49.6 Å². The average Bonchev–Trinajstić information content (AvgIpc) is 4.13. The summed E-state index contributed by atoms with van der Waals surface area (Å²) >= 11 is 0. The number of ether oxygens (including phenoxy) is 2. The van der Waals surface area contributed by atoms with Crippen LogP contribution in [-0.2, 0) is 26.1 Å².